The van der Waals surface area contributed by atoms with Crippen LogP contribution in [0.4, 0.5) is 0 Å². The van der Waals surface area contributed by atoms with Gasteiger partial charge in [0.2, 0.25) is 0 Å². The predicted octanol–water partition coefficient (Wildman–Crippen LogP) is 5.39. The van der Waals surface area contributed by atoms with E-state index in [1.54, 1.807) is 0 Å². The first-order valence-electron chi connectivity index (χ1n) is 13.8. The molecule has 37 heavy (non-hydrogen) atoms. The third-order valence-electron chi connectivity index (χ3n) is 11.4. The number of nitrogens with zero attached hydrogens (tertiary/aromatic N) is 4. The van der Waals surface area contributed by atoms with E-state index in [1.807, 2.05) is 6.20 Å². The molecule has 0 radical (unpaired) electrons. The van der Waals surface area contributed by atoms with E-state index in [1.165, 1.54) is 5.56 Å². The molecule has 0 aromatic carbocycles. The summed E-state index contributed by atoms with van der Waals surface area (Å²) in [6.45, 7) is 22.1. The zero-order chi connectivity index (χ0) is 26.5. The Kier molecular flexibility index (Phi) is 6.27. The zero-order valence-electron chi connectivity index (χ0n) is 22.3. The maximum absolute atomic E-state index is 10.8. The molecule has 5 rings (SSSR count). The van der Waals surface area contributed by atoms with Crippen molar-refractivity contribution in [3.63, 3.8) is 0 Å². The summed E-state index contributed by atoms with van der Waals surface area (Å²) in [5.74, 6) is -0.617. The molecule has 1 aromatic rings. The fourth-order valence-corrected chi connectivity index (χ4v) is 9.29. The number of carbonyl (C=O) groups is 1. The highest BCUT2D eigenvalue weighted by atomic mass is 16.5. The molecular weight excluding hydrogens is 466 g/mol. The quantitative estimate of drug-likeness (QED) is 0.364. The van der Waals surface area contributed by atoms with E-state index in [-0.39, 0.29) is 29.3 Å². The SMILES string of the molecule is C#[N+][C@@]12CC[C@H]3[C@]4([N+]#C)CC[C@H](OCCCCCC(=O)O)C4(C)CC[C@]3(N=C)[C@@]1(C)Cc1cn[nH]c1C2. The molecule has 0 amide bonds. The van der Waals surface area contributed by atoms with Gasteiger partial charge in [0.25, 0.3) is 24.2 Å². The number of aliphatic imine (C=N–C) groups is 1. The van der Waals surface area contributed by atoms with E-state index in [0.717, 1.165) is 69.9 Å². The average Bonchev–Trinajstić information content (AvgIpc) is 3.45. The number of H-pyrrole nitrogens is 1. The van der Waals surface area contributed by atoms with Crippen molar-refractivity contribution in [2.75, 3.05) is 6.61 Å². The van der Waals surface area contributed by atoms with Gasteiger partial charge >= 0.3 is 5.97 Å². The van der Waals surface area contributed by atoms with Gasteiger partial charge in [-0.15, -0.1) is 0 Å². The molecule has 1 unspecified atom stereocenters. The summed E-state index contributed by atoms with van der Waals surface area (Å²) in [4.78, 5) is 25.2. The second-order valence-corrected chi connectivity index (χ2v) is 12.5. The summed E-state index contributed by atoms with van der Waals surface area (Å²) in [5, 5.41) is 16.4. The number of unbranched alkanes of at least 4 members (excludes halogenated alkanes) is 2. The van der Waals surface area contributed by atoms with Crippen LogP contribution in [0.25, 0.3) is 9.69 Å². The molecule has 3 saturated carbocycles. The number of rotatable bonds is 8. The fourth-order valence-electron chi connectivity index (χ4n) is 9.29. The van der Waals surface area contributed by atoms with Gasteiger partial charge in [0.1, 0.15) is 0 Å². The van der Waals surface area contributed by atoms with E-state index in [0.29, 0.717) is 13.0 Å². The van der Waals surface area contributed by atoms with E-state index in [2.05, 4.69) is 35.6 Å². The van der Waals surface area contributed by atoms with Gasteiger partial charge in [-0.2, -0.15) is 5.10 Å². The lowest BCUT2D eigenvalue weighted by molar-refractivity contribution is -0.137. The Morgan fingerprint density at radius 3 is 2.70 bits per heavy atom. The topological polar surface area (TPSA) is 96.3 Å². The van der Waals surface area contributed by atoms with Crippen LogP contribution in [0.2, 0.25) is 0 Å². The third-order valence-corrected chi connectivity index (χ3v) is 11.4. The maximum Gasteiger partial charge on any atom is 0.303 e. The lowest BCUT2D eigenvalue weighted by atomic mass is 9.38. The molecule has 4 aliphatic rings. The third kappa shape index (κ3) is 3.31. The Morgan fingerprint density at radius 1 is 1.19 bits per heavy atom. The lowest BCUT2D eigenvalue weighted by Gasteiger charge is -2.63. The lowest BCUT2D eigenvalue weighted by Crippen LogP contribution is -2.74. The molecule has 1 heterocycles. The number of fused-ring (bicyclic) bond motifs is 6. The maximum atomic E-state index is 10.8. The number of ether oxygens (including phenoxy) is 1. The van der Waals surface area contributed by atoms with Gasteiger partial charge < -0.3 is 9.84 Å². The minimum Gasteiger partial charge on any atom is -0.481 e. The first-order chi connectivity index (χ1) is 17.7. The van der Waals surface area contributed by atoms with Crippen LogP contribution < -0.4 is 0 Å². The minimum absolute atomic E-state index is 0.0626. The number of hydrogen-bond donors (Lipinski definition) is 2. The van der Waals surface area contributed by atoms with Crippen molar-refractivity contribution >= 4 is 12.7 Å². The molecule has 0 saturated heterocycles. The average molecular weight is 508 g/mol. The number of carboxylic acid groups (broad SMARTS) is 1. The first kappa shape index (κ1) is 25.9. The van der Waals surface area contributed by atoms with Crippen LogP contribution in [0.1, 0.15) is 89.3 Å². The zero-order valence-corrected chi connectivity index (χ0v) is 22.3. The van der Waals surface area contributed by atoms with Gasteiger partial charge in [-0.1, -0.05) is 16.1 Å². The van der Waals surface area contributed by atoms with Crippen molar-refractivity contribution in [3.05, 3.63) is 27.1 Å². The number of hydrogen-bond acceptors (Lipinski definition) is 4. The summed E-state index contributed by atoms with van der Waals surface area (Å²) < 4.78 is 6.50. The number of nitrogens with one attached hydrogen (secondary N) is 1. The normalized spacial score (nSPS) is 41.8. The highest BCUT2D eigenvalue weighted by Crippen LogP contribution is 2.72. The molecule has 0 aliphatic heterocycles. The van der Waals surface area contributed by atoms with Crippen LogP contribution in [-0.2, 0) is 22.4 Å². The highest BCUT2D eigenvalue weighted by Gasteiger charge is 2.84. The highest BCUT2D eigenvalue weighted by molar-refractivity contribution is 5.66. The van der Waals surface area contributed by atoms with Gasteiger partial charge in [-0.05, 0) is 71.1 Å². The standard InChI is InChI=1S/C29H39N5O3/c1-25-14-15-29(32-5)22(10-12-27(30-3)18-21-20(19-33-34-21)17-26(27,29)2)28(25,31-4)13-11-23(25)37-16-8-6-7-9-24(35)36/h3-4,19,22-23H,5-18H2,1-2H3/p+2/t22-,23-,25?,26-,27+,28+,29+/m0/s1. The molecule has 0 spiro atoms. The van der Waals surface area contributed by atoms with Crippen LogP contribution in [0, 0.1) is 29.9 Å². The van der Waals surface area contributed by atoms with Crippen LogP contribution in [0.5, 0.6) is 0 Å². The van der Waals surface area contributed by atoms with Crippen LogP contribution >= 0.6 is 0 Å². The Labute approximate surface area is 219 Å². The van der Waals surface area contributed by atoms with Gasteiger partial charge in [0.05, 0.1) is 41.0 Å². The largest absolute Gasteiger partial charge is 0.481 e. The second kappa shape index (κ2) is 8.95. The van der Waals surface area contributed by atoms with Crippen LogP contribution in [0.15, 0.2) is 11.2 Å². The molecule has 1 aromatic heterocycles. The molecule has 3 fully saturated rings. The Morgan fingerprint density at radius 2 is 2.00 bits per heavy atom. The van der Waals surface area contributed by atoms with Crippen LogP contribution in [0.3, 0.4) is 0 Å². The second-order valence-electron chi connectivity index (χ2n) is 12.5. The number of aliphatic carboxylic acids is 1. The van der Waals surface area contributed by atoms with Crippen molar-refractivity contribution in [1.82, 2.24) is 10.2 Å². The molecule has 2 N–H and O–H groups in total. The van der Waals surface area contributed by atoms with Crippen LogP contribution in [-0.4, -0.2) is 57.3 Å². The van der Waals surface area contributed by atoms with Gasteiger partial charge in [-0.25, -0.2) is 0 Å². The van der Waals surface area contributed by atoms with E-state index >= 15 is 0 Å². The molecule has 7 atom stereocenters. The molecule has 198 valence electrons. The Balaban J connectivity index is 1.44. The predicted molar refractivity (Wildman–Crippen MR) is 144 cm³/mol. The van der Waals surface area contributed by atoms with Crippen molar-refractivity contribution < 1.29 is 14.6 Å². The molecule has 8 nitrogen and oxygen atoms in total. The molecule has 8 heteroatoms. The summed E-state index contributed by atoms with van der Waals surface area (Å²) in [6.07, 6.45) is 11.4. The van der Waals surface area contributed by atoms with Crippen molar-refractivity contribution in [1.29, 1.82) is 0 Å². The summed E-state index contributed by atoms with van der Waals surface area (Å²) in [6, 6.07) is 0. The first-order valence-corrected chi connectivity index (χ1v) is 13.8. The summed E-state index contributed by atoms with van der Waals surface area (Å²) in [5.41, 5.74) is 0.441. The van der Waals surface area contributed by atoms with Gasteiger partial charge in [0, 0.05) is 31.6 Å². The summed E-state index contributed by atoms with van der Waals surface area (Å²) >= 11 is 0. The van der Waals surface area contributed by atoms with Crippen molar-refractivity contribution in [2.45, 2.75) is 114 Å². The van der Waals surface area contributed by atoms with E-state index < -0.39 is 22.6 Å². The van der Waals surface area contributed by atoms with Gasteiger partial charge in [0.15, 0.2) is 0 Å². The Bertz CT molecular complexity index is 1170. The fraction of sp³-hybridized carbons (Fsp3) is 0.759. The molecule has 4 aliphatic carbocycles. The summed E-state index contributed by atoms with van der Waals surface area (Å²) in [7, 11) is 0. The van der Waals surface area contributed by atoms with Crippen molar-refractivity contribution in [3.8, 4) is 13.1 Å². The number of aromatic nitrogens is 2. The molecule has 0 bridgehead atoms. The van der Waals surface area contributed by atoms with E-state index in [9.17, 15) is 4.79 Å². The number of aromatic amines is 1. The minimum atomic E-state index is -0.741. The Hall–Kier alpha value is -2.71. The molecular formula is C29H41N5O3+2. The smallest absolute Gasteiger partial charge is 0.303 e. The van der Waals surface area contributed by atoms with E-state index in [4.69, 9.17) is 32.8 Å². The number of carboxylic acids is 1. The van der Waals surface area contributed by atoms with Gasteiger partial charge in [-0.3, -0.25) is 14.9 Å². The van der Waals surface area contributed by atoms with Crippen molar-refractivity contribution in [2.24, 2.45) is 21.7 Å². The monoisotopic (exact) mass is 507 g/mol.